The van der Waals surface area contributed by atoms with E-state index in [1.807, 2.05) is 24.6 Å². The van der Waals surface area contributed by atoms with Crippen molar-refractivity contribution in [2.75, 3.05) is 5.32 Å². The molecule has 0 radical (unpaired) electrons. The summed E-state index contributed by atoms with van der Waals surface area (Å²) in [6.07, 6.45) is 0.379. The summed E-state index contributed by atoms with van der Waals surface area (Å²) in [5, 5.41) is 16.1. The normalized spacial score (nSPS) is 10.6. The van der Waals surface area contributed by atoms with Crippen LogP contribution in [0.5, 0.6) is 0 Å². The van der Waals surface area contributed by atoms with Crippen molar-refractivity contribution >= 4 is 11.6 Å². The van der Waals surface area contributed by atoms with Gasteiger partial charge in [0, 0.05) is 24.3 Å². The summed E-state index contributed by atoms with van der Waals surface area (Å²) in [7, 11) is 0. The first-order valence-corrected chi connectivity index (χ1v) is 6.59. The molecule has 0 saturated carbocycles. The quantitative estimate of drug-likeness (QED) is 0.875. The van der Waals surface area contributed by atoms with E-state index in [2.05, 4.69) is 10.4 Å². The predicted octanol–water partition coefficient (Wildman–Crippen LogP) is 2.02. The topological polar surface area (TPSA) is 67.2 Å². The third-order valence-corrected chi connectivity index (χ3v) is 3.07. The number of benzene rings is 1. The Labute approximate surface area is 118 Å². The van der Waals surface area contributed by atoms with Gasteiger partial charge in [-0.2, -0.15) is 5.10 Å². The summed E-state index contributed by atoms with van der Waals surface area (Å²) in [5.41, 5.74) is 3.58. The number of carbonyl (C=O) groups is 1. The highest BCUT2D eigenvalue weighted by molar-refractivity contribution is 5.90. The first-order valence-electron chi connectivity index (χ1n) is 6.59. The Morgan fingerprint density at radius 3 is 2.55 bits per heavy atom. The van der Waals surface area contributed by atoms with E-state index >= 15 is 0 Å². The molecule has 1 heterocycles. The van der Waals surface area contributed by atoms with Crippen LogP contribution in [0.2, 0.25) is 0 Å². The number of hydrogen-bond donors (Lipinski definition) is 2. The number of anilines is 1. The Bertz CT molecular complexity index is 588. The molecule has 0 aliphatic rings. The molecule has 1 aromatic heterocycles. The Hall–Kier alpha value is -2.14. The minimum absolute atomic E-state index is 0.00610. The molecule has 0 unspecified atom stereocenters. The lowest BCUT2D eigenvalue weighted by molar-refractivity contribution is -0.116. The van der Waals surface area contributed by atoms with E-state index in [4.69, 9.17) is 5.11 Å². The van der Waals surface area contributed by atoms with Crippen molar-refractivity contribution in [2.45, 2.75) is 33.4 Å². The van der Waals surface area contributed by atoms with Crippen molar-refractivity contribution in [1.29, 1.82) is 0 Å². The number of aliphatic hydroxyl groups excluding tert-OH is 1. The zero-order valence-corrected chi connectivity index (χ0v) is 11.8. The first-order chi connectivity index (χ1) is 9.58. The molecule has 2 rings (SSSR count). The van der Waals surface area contributed by atoms with Gasteiger partial charge in [0.15, 0.2) is 0 Å². The zero-order chi connectivity index (χ0) is 14.5. The first kappa shape index (κ1) is 14.3. The number of amides is 1. The number of rotatable bonds is 5. The molecule has 1 amide bonds. The minimum atomic E-state index is -0.0469. The van der Waals surface area contributed by atoms with Crippen LogP contribution in [0.15, 0.2) is 30.3 Å². The van der Waals surface area contributed by atoms with Crippen molar-refractivity contribution in [2.24, 2.45) is 0 Å². The maximum atomic E-state index is 11.9. The van der Waals surface area contributed by atoms with Gasteiger partial charge in [0.2, 0.25) is 5.91 Å². The van der Waals surface area contributed by atoms with Gasteiger partial charge in [0.25, 0.3) is 0 Å². The van der Waals surface area contributed by atoms with Gasteiger partial charge >= 0.3 is 0 Å². The number of aryl methyl sites for hydroxylation is 3. The lowest BCUT2D eigenvalue weighted by atomic mass is 10.2. The monoisotopic (exact) mass is 273 g/mol. The predicted molar refractivity (Wildman–Crippen MR) is 77.3 cm³/mol. The van der Waals surface area contributed by atoms with E-state index in [0.29, 0.717) is 13.0 Å². The van der Waals surface area contributed by atoms with E-state index in [1.165, 1.54) is 0 Å². The third-order valence-electron chi connectivity index (χ3n) is 3.07. The van der Waals surface area contributed by atoms with Gasteiger partial charge in [-0.1, -0.05) is 12.1 Å². The average Bonchev–Trinajstić information content (AvgIpc) is 2.75. The molecule has 2 aromatic rings. The Morgan fingerprint density at radius 1 is 1.30 bits per heavy atom. The van der Waals surface area contributed by atoms with Crippen LogP contribution in [-0.2, 0) is 17.9 Å². The van der Waals surface area contributed by atoms with E-state index in [9.17, 15) is 4.79 Å². The van der Waals surface area contributed by atoms with Gasteiger partial charge in [-0.3, -0.25) is 9.48 Å². The van der Waals surface area contributed by atoms with E-state index in [0.717, 1.165) is 22.6 Å². The second-order valence-electron chi connectivity index (χ2n) is 4.80. The maximum Gasteiger partial charge on any atom is 0.226 e. The molecule has 2 N–H and O–H groups in total. The summed E-state index contributed by atoms with van der Waals surface area (Å²) < 4.78 is 1.84. The smallest absolute Gasteiger partial charge is 0.226 e. The summed E-state index contributed by atoms with van der Waals surface area (Å²) in [5.74, 6) is -0.0469. The molecule has 0 aliphatic heterocycles. The SMILES string of the molecule is Cc1cc(C)n(CCC(=O)Nc2ccc(CO)cc2)n1. The molecule has 5 nitrogen and oxygen atoms in total. The largest absolute Gasteiger partial charge is 0.392 e. The molecule has 0 saturated heterocycles. The lowest BCUT2D eigenvalue weighted by Gasteiger charge is -2.07. The van der Waals surface area contributed by atoms with Crippen molar-refractivity contribution in [3.05, 3.63) is 47.3 Å². The number of nitrogens with one attached hydrogen (secondary N) is 1. The average molecular weight is 273 g/mol. The van der Waals surface area contributed by atoms with E-state index < -0.39 is 0 Å². The number of hydrogen-bond acceptors (Lipinski definition) is 3. The fourth-order valence-corrected chi connectivity index (χ4v) is 2.03. The zero-order valence-electron chi connectivity index (χ0n) is 11.8. The number of nitrogens with zero attached hydrogens (tertiary/aromatic N) is 2. The van der Waals surface area contributed by atoms with Crippen molar-refractivity contribution < 1.29 is 9.90 Å². The van der Waals surface area contributed by atoms with Gasteiger partial charge in [-0.15, -0.1) is 0 Å². The molecule has 5 heteroatoms. The molecular formula is C15H19N3O2. The number of aromatic nitrogens is 2. The molecule has 0 atom stereocenters. The maximum absolute atomic E-state index is 11.9. The van der Waals surface area contributed by atoms with E-state index in [-0.39, 0.29) is 12.5 Å². The van der Waals surface area contributed by atoms with Crippen LogP contribution in [0.4, 0.5) is 5.69 Å². The Balaban J connectivity index is 1.87. The molecule has 106 valence electrons. The Morgan fingerprint density at radius 2 is 2.00 bits per heavy atom. The second kappa shape index (κ2) is 6.34. The second-order valence-corrected chi connectivity index (χ2v) is 4.80. The summed E-state index contributed by atoms with van der Waals surface area (Å²) >= 11 is 0. The van der Waals surface area contributed by atoms with Crippen LogP contribution in [0, 0.1) is 13.8 Å². The summed E-state index contributed by atoms with van der Waals surface area (Å²) in [4.78, 5) is 11.9. The van der Waals surface area contributed by atoms with Crippen LogP contribution >= 0.6 is 0 Å². The molecule has 0 spiro atoms. The highest BCUT2D eigenvalue weighted by Gasteiger charge is 2.06. The van der Waals surface area contributed by atoms with Gasteiger partial charge < -0.3 is 10.4 Å². The van der Waals surface area contributed by atoms with Gasteiger partial charge in [0.1, 0.15) is 0 Å². The van der Waals surface area contributed by atoms with Crippen LogP contribution in [0.25, 0.3) is 0 Å². The third kappa shape index (κ3) is 3.68. The number of carbonyl (C=O) groups excluding carboxylic acids is 1. The summed E-state index contributed by atoms with van der Waals surface area (Å²) in [6, 6.07) is 9.14. The lowest BCUT2D eigenvalue weighted by Crippen LogP contribution is -2.15. The fourth-order valence-electron chi connectivity index (χ4n) is 2.03. The van der Waals surface area contributed by atoms with Crippen molar-refractivity contribution in [3.8, 4) is 0 Å². The fraction of sp³-hybridized carbons (Fsp3) is 0.333. The molecular weight excluding hydrogens is 254 g/mol. The molecule has 0 bridgehead atoms. The molecule has 20 heavy (non-hydrogen) atoms. The van der Waals surface area contributed by atoms with Crippen LogP contribution in [0.1, 0.15) is 23.4 Å². The van der Waals surface area contributed by atoms with Gasteiger partial charge in [-0.05, 0) is 37.6 Å². The summed E-state index contributed by atoms with van der Waals surface area (Å²) in [6.45, 7) is 4.49. The van der Waals surface area contributed by atoms with Gasteiger partial charge in [0.05, 0.1) is 12.3 Å². The minimum Gasteiger partial charge on any atom is -0.392 e. The van der Waals surface area contributed by atoms with Crippen LogP contribution < -0.4 is 5.32 Å². The Kier molecular flexibility index (Phi) is 4.53. The van der Waals surface area contributed by atoms with E-state index in [1.54, 1.807) is 24.3 Å². The van der Waals surface area contributed by atoms with Gasteiger partial charge in [-0.25, -0.2) is 0 Å². The molecule has 0 fully saturated rings. The highest BCUT2D eigenvalue weighted by Crippen LogP contribution is 2.10. The van der Waals surface area contributed by atoms with Crippen LogP contribution in [0.3, 0.4) is 0 Å². The van der Waals surface area contributed by atoms with Crippen LogP contribution in [-0.4, -0.2) is 20.8 Å². The highest BCUT2D eigenvalue weighted by atomic mass is 16.3. The standard InChI is InChI=1S/C15H19N3O2/c1-11-9-12(2)18(17-11)8-7-15(20)16-14-5-3-13(10-19)4-6-14/h3-6,9,19H,7-8,10H2,1-2H3,(H,16,20). The molecule has 0 aliphatic carbocycles. The number of aliphatic hydroxyl groups is 1. The molecule has 1 aromatic carbocycles. The van der Waals surface area contributed by atoms with Crippen molar-refractivity contribution in [1.82, 2.24) is 9.78 Å². The van der Waals surface area contributed by atoms with Crippen molar-refractivity contribution in [3.63, 3.8) is 0 Å².